The van der Waals surface area contributed by atoms with Crippen LogP contribution in [0.2, 0.25) is 0 Å². The molecule has 0 aliphatic heterocycles. The quantitative estimate of drug-likeness (QED) is 0.758. The summed E-state index contributed by atoms with van der Waals surface area (Å²) in [5.74, 6) is 0. The van der Waals surface area contributed by atoms with Gasteiger partial charge in [0.05, 0.1) is 28.4 Å². The van der Waals surface area contributed by atoms with E-state index in [2.05, 4.69) is 11.7 Å². The number of hydrogen-bond donors (Lipinski definition) is 0. The maximum atomic E-state index is 12.1. The highest BCUT2D eigenvalue weighted by atomic mass is 32.2. The van der Waals surface area contributed by atoms with E-state index < -0.39 is 10.8 Å². The summed E-state index contributed by atoms with van der Waals surface area (Å²) in [7, 11) is -1.15. The summed E-state index contributed by atoms with van der Waals surface area (Å²) in [6, 6.07) is 9.35. The van der Waals surface area contributed by atoms with E-state index in [-0.39, 0.29) is 0 Å². The van der Waals surface area contributed by atoms with Crippen LogP contribution in [0.4, 0.5) is 0 Å². The van der Waals surface area contributed by atoms with Crippen molar-refractivity contribution in [3.8, 4) is 0 Å². The molecule has 1 aromatic heterocycles. The molecule has 82 valence electrons. The van der Waals surface area contributed by atoms with Crippen LogP contribution in [0.15, 0.2) is 65.2 Å². The van der Waals surface area contributed by atoms with E-state index in [0.29, 0.717) is 11.4 Å². The first-order chi connectivity index (χ1) is 7.81. The minimum atomic E-state index is -1.15. The van der Waals surface area contributed by atoms with Gasteiger partial charge in [0.15, 0.2) is 0 Å². The lowest BCUT2D eigenvalue weighted by atomic mass is 10.4. The first kappa shape index (κ1) is 10.8. The topological polar surface area (TPSA) is 34.9 Å². The summed E-state index contributed by atoms with van der Waals surface area (Å²) in [6.45, 7) is 4.26. The molecule has 1 heterocycles. The fourth-order valence-electron chi connectivity index (χ4n) is 1.35. The molecule has 0 unspecified atom stereocenters. The molecule has 1 aromatic carbocycles. The van der Waals surface area contributed by atoms with Crippen molar-refractivity contribution >= 4 is 10.8 Å². The molecule has 0 fully saturated rings. The number of nitrogens with zero attached hydrogens (tertiary/aromatic N) is 2. The highest BCUT2D eigenvalue weighted by molar-refractivity contribution is 7.85. The minimum Gasteiger partial charge on any atom is -0.268 e. The summed E-state index contributed by atoms with van der Waals surface area (Å²) < 4.78 is 13.8. The van der Waals surface area contributed by atoms with Crippen molar-refractivity contribution in [2.45, 2.75) is 16.3 Å². The second-order valence-electron chi connectivity index (χ2n) is 3.27. The molecule has 0 saturated heterocycles. The summed E-state index contributed by atoms with van der Waals surface area (Å²) in [5.41, 5.74) is 0. The lowest BCUT2D eigenvalue weighted by Crippen LogP contribution is -1.94. The molecular weight excluding hydrogens is 220 g/mol. The Morgan fingerprint density at radius 2 is 2.06 bits per heavy atom. The Hall–Kier alpha value is -1.68. The van der Waals surface area contributed by atoms with Crippen LogP contribution >= 0.6 is 0 Å². The van der Waals surface area contributed by atoms with E-state index in [1.807, 2.05) is 30.3 Å². The maximum Gasteiger partial charge on any atom is 0.0881 e. The summed E-state index contributed by atoms with van der Waals surface area (Å²) in [5, 5.41) is 4.10. The highest BCUT2D eigenvalue weighted by Crippen LogP contribution is 2.14. The van der Waals surface area contributed by atoms with Gasteiger partial charge in [-0.15, -0.1) is 6.58 Å². The lowest BCUT2D eigenvalue weighted by Gasteiger charge is -1.97. The molecule has 2 rings (SSSR count). The smallest absolute Gasteiger partial charge is 0.0881 e. The molecule has 0 bridgehead atoms. The summed E-state index contributed by atoms with van der Waals surface area (Å²) >= 11 is 0. The van der Waals surface area contributed by atoms with Crippen LogP contribution in [0.1, 0.15) is 0 Å². The Balaban J connectivity index is 2.24. The van der Waals surface area contributed by atoms with Gasteiger partial charge in [-0.25, -0.2) is 4.21 Å². The average Bonchev–Trinajstić information content (AvgIpc) is 2.78. The Morgan fingerprint density at radius 3 is 2.75 bits per heavy atom. The van der Waals surface area contributed by atoms with E-state index >= 15 is 0 Å². The molecule has 0 radical (unpaired) electrons. The van der Waals surface area contributed by atoms with Gasteiger partial charge >= 0.3 is 0 Å². The lowest BCUT2D eigenvalue weighted by molar-refractivity contribution is 0.681. The minimum absolute atomic E-state index is 0.631. The van der Waals surface area contributed by atoms with Crippen LogP contribution in [0.25, 0.3) is 0 Å². The van der Waals surface area contributed by atoms with Crippen molar-refractivity contribution in [1.82, 2.24) is 9.78 Å². The van der Waals surface area contributed by atoms with Gasteiger partial charge in [0.2, 0.25) is 0 Å². The Bertz CT molecular complexity index is 505. The van der Waals surface area contributed by atoms with Gasteiger partial charge in [-0.2, -0.15) is 5.10 Å². The zero-order chi connectivity index (χ0) is 11.4. The first-order valence-electron chi connectivity index (χ1n) is 4.91. The SMILES string of the molecule is C=CCn1cc([S@](=O)c2ccccc2)cn1. The number of aromatic nitrogens is 2. The van der Waals surface area contributed by atoms with Gasteiger partial charge in [0, 0.05) is 11.1 Å². The van der Waals surface area contributed by atoms with Crippen molar-refractivity contribution in [3.63, 3.8) is 0 Å². The van der Waals surface area contributed by atoms with Crippen LogP contribution in [0.5, 0.6) is 0 Å². The molecule has 0 saturated carbocycles. The van der Waals surface area contributed by atoms with Crippen molar-refractivity contribution in [2.24, 2.45) is 0 Å². The zero-order valence-corrected chi connectivity index (χ0v) is 9.56. The fraction of sp³-hybridized carbons (Fsp3) is 0.0833. The Kier molecular flexibility index (Phi) is 3.31. The van der Waals surface area contributed by atoms with E-state index in [0.717, 1.165) is 4.90 Å². The summed E-state index contributed by atoms with van der Waals surface area (Å²) in [4.78, 5) is 1.51. The standard InChI is InChI=1S/C12H12N2OS/c1-2-8-14-10-12(9-13-14)16(15)11-6-4-3-5-7-11/h2-7,9-10H,1,8H2/t16-/m1/s1. The van der Waals surface area contributed by atoms with E-state index in [9.17, 15) is 4.21 Å². The van der Waals surface area contributed by atoms with Crippen LogP contribution in [0, 0.1) is 0 Å². The van der Waals surface area contributed by atoms with Gasteiger partial charge in [-0.1, -0.05) is 24.3 Å². The van der Waals surface area contributed by atoms with Crippen molar-refractivity contribution in [1.29, 1.82) is 0 Å². The van der Waals surface area contributed by atoms with Crippen molar-refractivity contribution in [3.05, 3.63) is 55.4 Å². The molecular formula is C12H12N2OS. The average molecular weight is 232 g/mol. The van der Waals surface area contributed by atoms with Crippen LogP contribution in [-0.4, -0.2) is 14.0 Å². The van der Waals surface area contributed by atoms with Crippen LogP contribution in [0.3, 0.4) is 0 Å². The Morgan fingerprint density at radius 1 is 1.31 bits per heavy atom. The fourth-order valence-corrected chi connectivity index (χ4v) is 2.39. The molecule has 0 aliphatic rings. The third kappa shape index (κ3) is 2.28. The molecule has 2 aromatic rings. The summed E-state index contributed by atoms with van der Waals surface area (Å²) in [6.07, 6.45) is 5.17. The zero-order valence-electron chi connectivity index (χ0n) is 8.74. The van der Waals surface area contributed by atoms with E-state index in [1.54, 1.807) is 23.2 Å². The molecule has 1 atom stereocenters. The van der Waals surface area contributed by atoms with Crippen LogP contribution < -0.4 is 0 Å². The van der Waals surface area contributed by atoms with Gasteiger partial charge in [0.25, 0.3) is 0 Å². The van der Waals surface area contributed by atoms with Gasteiger partial charge in [0.1, 0.15) is 0 Å². The molecule has 0 spiro atoms. The third-order valence-corrected chi connectivity index (χ3v) is 3.44. The normalized spacial score (nSPS) is 12.2. The van der Waals surface area contributed by atoms with Crippen molar-refractivity contribution in [2.75, 3.05) is 0 Å². The predicted molar refractivity (Wildman–Crippen MR) is 63.5 cm³/mol. The largest absolute Gasteiger partial charge is 0.268 e. The van der Waals surface area contributed by atoms with E-state index in [1.165, 1.54) is 0 Å². The predicted octanol–water partition coefficient (Wildman–Crippen LogP) is 2.24. The number of hydrogen-bond acceptors (Lipinski definition) is 2. The van der Waals surface area contributed by atoms with Gasteiger partial charge < -0.3 is 0 Å². The number of rotatable bonds is 4. The van der Waals surface area contributed by atoms with Crippen LogP contribution in [-0.2, 0) is 17.3 Å². The highest BCUT2D eigenvalue weighted by Gasteiger charge is 2.08. The van der Waals surface area contributed by atoms with Gasteiger partial charge in [-0.3, -0.25) is 4.68 Å². The van der Waals surface area contributed by atoms with Gasteiger partial charge in [-0.05, 0) is 12.1 Å². The molecule has 0 amide bonds. The second-order valence-corrected chi connectivity index (χ2v) is 4.75. The molecule has 0 aliphatic carbocycles. The second kappa shape index (κ2) is 4.90. The van der Waals surface area contributed by atoms with E-state index in [4.69, 9.17) is 0 Å². The number of benzene rings is 1. The van der Waals surface area contributed by atoms with Crippen molar-refractivity contribution < 1.29 is 4.21 Å². The molecule has 0 N–H and O–H groups in total. The molecule has 3 nitrogen and oxygen atoms in total. The molecule has 4 heteroatoms. The molecule has 16 heavy (non-hydrogen) atoms. The number of allylic oxidation sites excluding steroid dienone is 1. The Labute approximate surface area is 96.9 Å². The monoisotopic (exact) mass is 232 g/mol. The first-order valence-corrected chi connectivity index (χ1v) is 6.06. The maximum absolute atomic E-state index is 12.1. The third-order valence-electron chi connectivity index (χ3n) is 2.10.